The highest BCUT2D eigenvalue weighted by Crippen LogP contribution is 2.30. The number of aromatic amines is 1. The van der Waals surface area contributed by atoms with Gasteiger partial charge in [-0.05, 0) is 12.1 Å². The number of fused-ring (bicyclic) bond motifs is 1. The van der Waals surface area contributed by atoms with Crippen LogP contribution in [0.4, 0.5) is 5.69 Å². The minimum absolute atomic E-state index is 0.0394. The predicted molar refractivity (Wildman–Crippen MR) is 102 cm³/mol. The van der Waals surface area contributed by atoms with Gasteiger partial charge in [-0.1, -0.05) is 24.3 Å². The van der Waals surface area contributed by atoms with E-state index in [0.717, 1.165) is 11.1 Å². The molecule has 0 radical (unpaired) electrons. The van der Waals surface area contributed by atoms with E-state index < -0.39 is 22.0 Å². The SMILES string of the molecule is CN(C)c1cccc2c(S(=O)(=O)N[C@@H](Cc3cnc[nH]3)C(=O)O)cccc12. The fourth-order valence-corrected chi connectivity index (χ4v) is 4.35. The first-order chi connectivity index (χ1) is 12.8. The summed E-state index contributed by atoms with van der Waals surface area (Å²) in [6, 6.07) is 9.02. The van der Waals surface area contributed by atoms with E-state index in [2.05, 4.69) is 14.7 Å². The molecule has 0 fully saturated rings. The summed E-state index contributed by atoms with van der Waals surface area (Å²) in [5.74, 6) is -1.26. The molecule has 0 aliphatic carbocycles. The first-order valence-corrected chi connectivity index (χ1v) is 9.69. The molecule has 1 atom stereocenters. The Morgan fingerprint density at radius 1 is 1.22 bits per heavy atom. The Hall–Kier alpha value is -2.91. The lowest BCUT2D eigenvalue weighted by Gasteiger charge is -2.18. The number of benzene rings is 2. The number of carboxylic acids is 1. The van der Waals surface area contributed by atoms with Crippen LogP contribution in [0.2, 0.25) is 0 Å². The van der Waals surface area contributed by atoms with Crippen molar-refractivity contribution in [1.29, 1.82) is 0 Å². The highest BCUT2D eigenvalue weighted by molar-refractivity contribution is 7.89. The largest absolute Gasteiger partial charge is 0.480 e. The monoisotopic (exact) mass is 388 g/mol. The Morgan fingerprint density at radius 2 is 1.93 bits per heavy atom. The number of nitrogens with one attached hydrogen (secondary N) is 2. The fraction of sp³-hybridized carbons (Fsp3) is 0.222. The molecular formula is C18H20N4O4S. The molecule has 1 heterocycles. The van der Waals surface area contributed by atoms with E-state index in [1.807, 2.05) is 31.1 Å². The molecule has 0 spiro atoms. The number of carboxylic acid groups (broad SMARTS) is 1. The summed E-state index contributed by atoms with van der Waals surface area (Å²) in [6.45, 7) is 0. The minimum atomic E-state index is -4.06. The second-order valence-corrected chi connectivity index (χ2v) is 8.00. The molecule has 0 saturated carbocycles. The van der Waals surface area contributed by atoms with Crippen molar-refractivity contribution in [3.05, 3.63) is 54.6 Å². The van der Waals surface area contributed by atoms with Gasteiger partial charge in [0.25, 0.3) is 0 Å². The molecule has 0 amide bonds. The average Bonchev–Trinajstić information content (AvgIpc) is 3.12. The summed E-state index contributed by atoms with van der Waals surface area (Å²) < 4.78 is 28.2. The Bertz CT molecular complexity index is 1060. The van der Waals surface area contributed by atoms with Gasteiger partial charge in [-0.15, -0.1) is 0 Å². The molecule has 3 aromatic rings. The fourth-order valence-electron chi connectivity index (χ4n) is 2.94. The maximum Gasteiger partial charge on any atom is 0.322 e. The van der Waals surface area contributed by atoms with Gasteiger partial charge in [0.15, 0.2) is 0 Å². The van der Waals surface area contributed by atoms with Crippen LogP contribution >= 0.6 is 0 Å². The molecule has 3 N–H and O–H groups in total. The molecule has 0 bridgehead atoms. The van der Waals surface area contributed by atoms with E-state index in [1.165, 1.54) is 18.6 Å². The van der Waals surface area contributed by atoms with Crippen LogP contribution in [0.3, 0.4) is 0 Å². The van der Waals surface area contributed by atoms with Crippen molar-refractivity contribution in [1.82, 2.24) is 14.7 Å². The van der Waals surface area contributed by atoms with Crippen LogP contribution in [0.15, 0.2) is 53.8 Å². The van der Waals surface area contributed by atoms with E-state index in [4.69, 9.17) is 0 Å². The Balaban J connectivity index is 2.01. The number of nitrogens with zero attached hydrogens (tertiary/aromatic N) is 2. The number of sulfonamides is 1. The van der Waals surface area contributed by atoms with Crippen molar-refractivity contribution in [2.45, 2.75) is 17.4 Å². The third-order valence-corrected chi connectivity index (χ3v) is 5.73. The van der Waals surface area contributed by atoms with Crippen molar-refractivity contribution in [3.63, 3.8) is 0 Å². The quantitative estimate of drug-likeness (QED) is 0.566. The normalized spacial score (nSPS) is 12.8. The topological polar surface area (TPSA) is 115 Å². The summed E-state index contributed by atoms with van der Waals surface area (Å²) in [5.41, 5.74) is 1.40. The van der Waals surface area contributed by atoms with Crippen LogP contribution < -0.4 is 9.62 Å². The van der Waals surface area contributed by atoms with Crippen LogP contribution in [0.5, 0.6) is 0 Å². The van der Waals surface area contributed by atoms with Gasteiger partial charge in [-0.2, -0.15) is 4.72 Å². The van der Waals surface area contributed by atoms with Gasteiger partial charge >= 0.3 is 5.97 Å². The van der Waals surface area contributed by atoms with Crippen molar-refractivity contribution in [2.24, 2.45) is 0 Å². The van der Waals surface area contributed by atoms with Crippen molar-refractivity contribution >= 4 is 32.5 Å². The number of rotatable bonds is 7. The number of aliphatic carboxylic acids is 1. The van der Waals surface area contributed by atoms with Gasteiger partial charge in [0, 0.05) is 48.9 Å². The van der Waals surface area contributed by atoms with Gasteiger partial charge in [-0.3, -0.25) is 4.79 Å². The molecule has 9 heteroatoms. The zero-order valence-corrected chi connectivity index (χ0v) is 15.7. The zero-order valence-electron chi connectivity index (χ0n) is 14.9. The molecule has 3 rings (SSSR count). The lowest BCUT2D eigenvalue weighted by atomic mass is 10.1. The first kappa shape index (κ1) is 18.9. The molecule has 27 heavy (non-hydrogen) atoms. The second-order valence-electron chi connectivity index (χ2n) is 6.32. The minimum Gasteiger partial charge on any atom is -0.480 e. The molecule has 0 saturated heterocycles. The van der Waals surface area contributed by atoms with Crippen molar-refractivity contribution in [2.75, 3.05) is 19.0 Å². The molecule has 0 unspecified atom stereocenters. The summed E-state index contributed by atoms with van der Waals surface area (Å²) in [5, 5.41) is 10.7. The van der Waals surface area contributed by atoms with Gasteiger partial charge < -0.3 is 15.0 Å². The van der Waals surface area contributed by atoms with Gasteiger partial charge in [0.2, 0.25) is 10.0 Å². The van der Waals surface area contributed by atoms with Crippen LogP contribution in [0.1, 0.15) is 5.69 Å². The van der Waals surface area contributed by atoms with Crippen LogP contribution in [-0.2, 0) is 21.2 Å². The third-order valence-electron chi connectivity index (χ3n) is 4.20. The standard InChI is InChI=1S/C18H20N4O4S/c1-22(2)16-7-3-6-14-13(16)5-4-8-17(14)27(25,26)21-15(18(23)24)9-12-10-19-11-20-12/h3-8,10-11,15,21H,9H2,1-2H3,(H,19,20)(H,23,24)/t15-/m0/s1. The maximum atomic E-state index is 13.0. The van der Waals surface area contributed by atoms with Crippen molar-refractivity contribution in [3.8, 4) is 0 Å². The van der Waals surface area contributed by atoms with E-state index in [9.17, 15) is 18.3 Å². The summed E-state index contributed by atoms with van der Waals surface area (Å²) in [7, 11) is -0.312. The molecule has 1 aromatic heterocycles. The maximum absolute atomic E-state index is 13.0. The van der Waals surface area contributed by atoms with Gasteiger partial charge in [-0.25, -0.2) is 13.4 Å². The first-order valence-electron chi connectivity index (χ1n) is 8.21. The second kappa shape index (κ2) is 7.37. The summed E-state index contributed by atoms with van der Waals surface area (Å²) >= 11 is 0. The van der Waals surface area contributed by atoms with E-state index >= 15 is 0 Å². The summed E-state index contributed by atoms with van der Waals surface area (Å²) in [4.78, 5) is 20.1. The predicted octanol–water partition coefficient (Wildman–Crippen LogP) is 1.60. The van der Waals surface area contributed by atoms with Crippen molar-refractivity contribution < 1.29 is 18.3 Å². The van der Waals surface area contributed by atoms with E-state index in [-0.39, 0.29) is 11.3 Å². The average molecular weight is 388 g/mol. The zero-order chi connectivity index (χ0) is 19.6. The van der Waals surface area contributed by atoms with Gasteiger partial charge in [0.1, 0.15) is 6.04 Å². The van der Waals surface area contributed by atoms with Crippen LogP contribution in [0, 0.1) is 0 Å². The summed E-state index contributed by atoms with van der Waals surface area (Å²) in [6.07, 6.45) is 2.84. The Labute approximate surface area is 156 Å². The number of anilines is 1. The molecule has 8 nitrogen and oxygen atoms in total. The highest BCUT2D eigenvalue weighted by atomic mass is 32.2. The number of imidazole rings is 1. The van der Waals surface area contributed by atoms with E-state index in [1.54, 1.807) is 18.2 Å². The Morgan fingerprint density at radius 3 is 2.56 bits per heavy atom. The molecular weight excluding hydrogens is 368 g/mol. The van der Waals surface area contributed by atoms with E-state index in [0.29, 0.717) is 11.1 Å². The van der Waals surface area contributed by atoms with Crippen LogP contribution in [-0.4, -0.2) is 49.6 Å². The number of hydrogen-bond acceptors (Lipinski definition) is 5. The lowest BCUT2D eigenvalue weighted by Crippen LogP contribution is -2.42. The smallest absolute Gasteiger partial charge is 0.322 e. The molecule has 142 valence electrons. The van der Waals surface area contributed by atoms with Crippen LogP contribution in [0.25, 0.3) is 10.8 Å². The Kier molecular flexibility index (Phi) is 5.15. The van der Waals surface area contributed by atoms with Gasteiger partial charge in [0.05, 0.1) is 11.2 Å². The number of H-pyrrole nitrogens is 1. The molecule has 0 aliphatic heterocycles. The molecule has 2 aromatic carbocycles. The number of aromatic nitrogens is 2. The molecule has 0 aliphatic rings. The number of carbonyl (C=O) groups is 1. The third kappa shape index (κ3) is 3.93. The highest BCUT2D eigenvalue weighted by Gasteiger charge is 2.27. The lowest BCUT2D eigenvalue weighted by molar-refractivity contribution is -0.138. The number of hydrogen-bond donors (Lipinski definition) is 3.